The number of amides is 1. The predicted molar refractivity (Wildman–Crippen MR) is 83.8 cm³/mol. The summed E-state index contributed by atoms with van der Waals surface area (Å²) in [5, 5.41) is 12.4. The third-order valence-corrected chi connectivity index (χ3v) is 3.26. The number of nitrogens with one attached hydrogen (secondary N) is 1. The number of benzene rings is 2. The molecular weight excluding hydrogens is 298 g/mol. The van der Waals surface area contributed by atoms with Crippen molar-refractivity contribution in [1.29, 1.82) is 0 Å². The van der Waals surface area contributed by atoms with Crippen molar-refractivity contribution in [2.75, 3.05) is 5.32 Å². The smallest absolute Gasteiger partial charge is 0.344 e. The van der Waals surface area contributed by atoms with Crippen LogP contribution in [0.15, 0.2) is 63.8 Å². The summed E-state index contributed by atoms with van der Waals surface area (Å²) < 4.78 is 5.02. The van der Waals surface area contributed by atoms with Gasteiger partial charge in [-0.05, 0) is 35.7 Å². The normalized spacial score (nSPS) is 10.4. The molecule has 1 heterocycles. The van der Waals surface area contributed by atoms with Gasteiger partial charge in [-0.3, -0.25) is 4.79 Å². The Morgan fingerprint density at radius 2 is 1.78 bits per heavy atom. The molecule has 0 unspecified atom stereocenters. The van der Waals surface area contributed by atoms with E-state index in [1.54, 1.807) is 30.3 Å². The predicted octanol–water partition coefficient (Wildman–Crippen LogP) is 2.74. The Balaban J connectivity index is 1.93. The molecule has 2 N–H and O–H groups in total. The average molecular weight is 309 g/mol. The first-order valence-electron chi connectivity index (χ1n) is 6.72. The second-order valence-corrected chi connectivity index (χ2v) is 4.83. The number of fused-ring (bicyclic) bond motifs is 1. The van der Waals surface area contributed by atoms with Gasteiger partial charge in [-0.25, -0.2) is 9.59 Å². The van der Waals surface area contributed by atoms with E-state index in [-0.39, 0.29) is 11.3 Å². The number of carbonyl (C=O) groups is 2. The fourth-order valence-electron chi connectivity index (χ4n) is 2.17. The molecule has 0 spiro atoms. The van der Waals surface area contributed by atoms with E-state index in [2.05, 4.69) is 5.32 Å². The number of aromatic carboxylic acids is 1. The molecule has 6 nitrogen and oxygen atoms in total. The maximum Gasteiger partial charge on any atom is 0.344 e. The Labute approximate surface area is 130 Å². The lowest BCUT2D eigenvalue weighted by Crippen LogP contribution is -2.15. The van der Waals surface area contributed by atoms with Crippen LogP contribution < -0.4 is 10.9 Å². The molecule has 0 saturated carbocycles. The maximum atomic E-state index is 12.2. The molecule has 0 saturated heterocycles. The first-order chi connectivity index (χ1) is 11.0. The molecule has 0 aliphatic heterocycles. The van der Waals surface area contributed by atoms with Crippen molar-refractivity contribution in [3.05, 3.63) is 76.3 Å². The standard InChI is InChI=1S/C17H11NO5/c19-15(18-12-6-3-5-11(8-12)16(20)21)14-9-10-4-1-2-7-13(10)17(22)23-14/h1-9H,(H,18,19)(H,20,21). The van der Waals surface area contributed by atoms with Gasteiger partial charge in [-0.1, -0.05) is 24.3 Å². The van der Waals surface area contributed by atoms with Crippen LogP contribution in [0.2, 0.25) is 0 Å². The summed E-state index contributed by atoms with van der Waals surface area (Å²) in [5.41, 5.74) is -0.263. The number of anilines is 1. The lowest BCUT2D eigenvalue weighted by Gasteiger charge is -2.06. The van der Waals surface area contributed by atoms with E-state index in [1.165, 1.54) is 24.3 Å². The van der Waals surface area contributed by atoms with Crippen LogP contribution in [0.1, 0.15) is 20.9 Å². The summed E-state index contributed by atoms with van der Waals surface area (Å²) in [6, 6.07) is 14.0. The van der Waals surface area contributed by atoms with Crippen LogP contribution in [0.4, 0.5) is 5.69 Å². The molecule has 3 aromatic rings. The zero-order valence-corrected chi connectivity index (χ0v) is 11.8. The van der Waals surface area contributed by atoms with Gasteiger partial charge in [0.25, 0.3) is 5.91 Å². The highest BCUT2D eigenvalue weighted by atomic mass is 16.4. The summed E-state index contributed by atoms with van der Waals surface area (Å²) in [6.45, 7) is 0. The quantitative estimate of drug-likeness (QED) is 0.775. The van der Waals surface area contributed by atoms with Crippen molar-refractivity contribution in [2.24, 2.45) is 0 Å². The monoisotopic (exact) mass is 309 g/mol. The summed E-state index contributed by atoms with van der Waals surface area (Å²) in [6.07, 6.45) is 0. The van der Waals surface area contributed by atoms with Gasteiger partial charge < -0.3 is 14.8 Å². The summed E-state index contributed by atoms with van der Waals surface area (Å²) in [4.78, 5) is 35.0. The van der Waals surface area contributed by atoms with Crippen LogP contribution in [0.5, 0.6) is 0 Å². The molecule has 0 radical (unpaired) electrons. The minimum absolute atomic E-state index is 0.0442. The number of rotatable bonds is 3. The molecule has 0 aliphatic carbocycles. The SMILES string of the molecule is O=C(O)c1cccc(NC(=O)c2cc3ccccc3c(=O)o2)c1. The van der Waals surface area contributed by atoms with E-state index in [0.717, 1.165) is 0 Å². The number of carboxylic acid groups (broad SMARTS) is 1. The van der Waals surface area contributed by atoms with Crippen LogP contribution in [0, 0.1) is 0 Å². The molecule has 114 valence electrons. The molecule has 1 aromatic heterocycles. The lowest BCUT2D eigenvalue weighted by molar-refractivity contribution is 0.0696. The molecule has 0 fully saturated rings. The van der Waals surface area contributed by atoms with Gasteiger partial charge in [0, 0.05) is 5.69 Å². The minimum atomic E-state index is -1.10. The Kier molecular flexibility index (Phi) is 3.64. The molecule has 2 aromatic carbocycles. The largest absolute Gasteiger partial charge is 0.478 e. The van der Waals surface area contributed by atoms with E-state index in [9.17, 15) is 14.4 Å². The molecule has 0 aliphatic rings. The van der Waals surface area contributed by atoms with Gasteiger partial charge in [0.2, 0.25) is 0 Å². The maximum absolute atomic E-state index is 12.2. The zero-order chi connectivity index (χ0) is 16.4. The van der Waals surface area contributed by atoms with Gasteiger partial charge in [0.1, 0.15) is 0 Å². The van der Waals surface area contributed by atoms with E-state index < -0.39 is 17.5 Å². The third kappa shape index (κ3) is 2.96. The highest BCUT2D eigenvalue weighted by molar-refractivity contribution is 6.04. The fourth-order valence-corrected chi connectivity index (χ4v) is 2.17. The van der Waals surface area contributed by atoms with Crippen molar-refractivity contribution in [3.63, 3.8) is 0 Å². The van der Waals surface area contributed by atoms with Crippen LogP contribution in [0.3, 0.4) is 0 Å². The van der Waals surface area contributed by atoms with Crippen molar-refractivity contribution in [2.45, 2.75) is 0 Å². The fraction of sp³-hybridized carbons (Fsp3) is 0. The molecule has 0 bridgehead atoms. The summed E-state index contributed by atoms with van der Waals surface area (Å²) in [7, 11) is 0. The second kappa shape index (κ2) is 5.76. The molecule has 1 amide bonds. The summed E-state index contributed by atoms with van der Waals surface area (Å²) >= 11 is 0. The molecular formula is C17H11NO5. The van der Waals surface area contributed by atoms with Gasteiger partial charge in [0.15, 0.2) is 5.76 Å². The Hall–Kier alpha value is -3.41. The van der Waals surface area contributed by atoms with Crippen LogP contribution in [-0.2, 0) is 0 Å². The second-order valence-electron chi connectivity index (χ2n) is 4.83. The molecule has 6 heteroatoms. The van der Waals surface area contributed by atoms with E-state index >= 15 is 0 Å². The molecule has 0 atom stereocenters. The van der Waals surface area contributed by atoms with Crippen molar-refractivity contribution in [1.82, 2.24) is 0 Å². The van der Waals surface area contributed by atoms with E-state index in [0.29, 0.717) is 16.5 Å². The van der Waals surface area contributed by atoms with Crippen molar-refractivity contribution in [3.8, 4) is 0 Å². The van der Waals surface area contributed by atoms with E-state index in [1.807, 2.05) is 0 Å². The van der Waals surface area contributed by atoms with Crippen molar-refractivity contribution >= 4 is 28.3 Å². The van der Waals surface area contributed by atoms with E-state index in [4.69, 9.17) is 9.52 Å². The zero-order valence-electron chi connectivity index (χ0n) is 11.8. The number of carbonyl (C=O) groups excluding carboxylic acids is 1. The first-order valence-corrected chi connectivity index (χ1v) is 6.72. The third-order valence-electron chi connectivity index (χ3n) is 3.26. The Bertz CT molecular complexity index is 974. The van der Waals surface area contributed by atoms with Gasteiger partial charge >= 0.3 is 11.6 Å². The average Bonchev–Trinajstić information content (AvgIpc) is 2.55. The van der Waals surface area contributed by atoms with Gasteiger partial charge in [-0.2, -0.15) is 0 Å². The minimum Gasteiger partial charge on any atom is -0.478 e. The first kappa shape index (κ1) is 14.5. The number of carboxylic acids is 1. The topological polar surface area (TPSA) is 96.6 Å². The highest BCUT2D eigenvalue weighted by Crippen LogP contribution is 2.15. The van der Waals surface area contributed by atoms with Crippen LogP contribution in [-0.4, -0.2) is 17.0 Å². The molecule has 3 rings (SSSR count). The van der Waals surface area contributed by atoms with Crippen molar-refractivity contribution < 1.29 is 19.1 Å². The molecule has 23 heavy (non-hydrogen) atoms. The van der Waals surface area contributed by atoms with Gasteiger partial charge in [0.05, 0.1) is 10.9 Å². The Morgan fingerprint density at radius 3 is 2.57 bits per heavy atom. The van der Waals surface area contributed by atoms with Crippen LogP contribution >= 0.6 is 0 Å². The van der Waals surface area contributed by atoms with Gasteiger partial charge in [-0.15, -0.1) is 0 Å². The number of hydrogen-bond donors (Lipinski definition) is 2. The lowest BCUT2D eigenvalue weighted by atomic mass is 10.1. The van der Waals surface area contributed by atoms with Crippen LogP contribution in [0.25, 0.3) is 10.8 Å². The highest BCUT2D eigenvalue weighted by Gasteiger charge is 2.13. The summed E-state index contributed by atoms with van der Waals surface area (Å²) in [5.74, 6) is -1.87. The number of hydrogen-bond acceptors (Lipinski definition) is 4. The Morgan fingerprint density at radius 1 is 1.00 bits per heavy atom.